The number of rotatable bonds is 4. The third-order valence-electron chi connectivity index (χ3n) is 4.15. The Labute approximate surface area is 133 Å². The van der Waals surface area contributed by atoms with E-state index in [-0.39, 0.29) is 17.6 Å². The van der Waals surface area contributed by atoms with E-state index in [2.05, 4.69) is 10.3 Å². The molecule has 1 fully saturated rings. The van der Waals surface area contributed by atoms with Crippen LogP contribution < -0.4 is 5.32 Å². The van der Waals surface area contributed by atoms with Crippen molar-refractivity contribution in [3.05, 3.63) is 40.6 Å². The highest BCUT2D eigenvalue weighted by molar-refractivity contribution is 5.96. The molecule has 0 spiro atoms. The third kappa shape index (κ3) is 2.94. The fourth-order valence-corrected chi connectivity index (χ4v) is 2.98. The van der Waals surface area contributed by atoms with Gasteiger partial charge in [-0.15, -0.1) is 0 Å². The van der Waals surface area contributed by atoms with Gasteiger partial charge in [-0.3, -0.25) is 19.9 Å². The summed E-state index contributed by atoms with van der Waals surface area (Å²) in [5, 5.41) is 15.0. The van der Waals surface area contributed by atoms with Crippen LogP contribution in [0.2, 0.25) is 0 Å². The Kier molecular flexibility index (Phi) is 4.10. The lowest BCUT2D eigenvalue weighted by molar-refractivity contribution is -0.383. The highest BCUT2D eigenvalue weighted by Gasteiger charge is 2.26. The van der Waals surface area contributed by atoms with Crippen molar-refractivity contribution in [2.45, 2.75) is 25.8 Å². The average molecular weight is 314 g/mol. The van der Waals surface area contributed by atoms with E-state index >= 15 is 0 Å². The summed E-state index contributed by atoms with van der Waals surface area (Å²) in [6.07, 6.45) is 2.99. The largest absolute Gasteiger partial charge is 0.379 e. The maximum atomic E-state index is 11.8. The number of nitrogens with zero attached hydrogens (tertiary/aromatic N) is 3. The molecule has 23 heavy (non-hydrogen) atoms. The first kappa shape index (κ1) is 15.2. The van der Waals surface area contributed by atoms with Crippen molar-refractivity contribution in [1.82, 2.24) is 9.88 Å². The van der Waals surface area contributed by atoms with Gasteiger partial charge in [-0.05, 0) is 24.6 Å². The summed E-state index contributed by atoms with van der Waals surface area (Å²) in [4.78, 5) is 28.6. The van der Waals surface area contributed by atoms with Gasteiger partial charge in [0.15, 0.2) is 0 Å². The first-order valence-electron chi connectivity index (χ1n) is 7.66. The second-order valence-electron chi connectivity index (χ2n) is 5.61. The van der Waals surface area contributed by atoms with Gasteiger partial charge in [-0.2, -0.15) is 0 Å². The number of anilines is 1. The Bertz CT molecular complexity index is 762. The lowest BCUT2D eigenvalue weighted by Crippen LogP contribution is -2.31. The van der Waals surface area contributed by atoms with E-state index in [9.17, 15) is 14.9 Å². The van der Waals surface area contributed by atoms with Crippen LogP contribution in [-0.2, 0) is 4.79 Å². The molecule has 1 atom stereocenters. The molecule has 3 rings (SSSR count). The zero-order valence-electron chi connectivity index (χ0n) is 12.9. The number of pyridine rings is 1. The maximum absolute atomic E-state index is 11.8. The van der Waals surface area contributed by atoms with Crippen LogP contribution >= 0.6 is 0 Å². The summed E-state index contributed by atoms with van der Waals surface area (Å²) in [7, 11) is 0. The predicted molar refractivity (Wildman–Crippen MR) is 87.3 cm³/mol. The van der Waals surface area contributed by atoms with Crippen LogP contribution in [0.15, 0.2) is 30.5 Å². The molecule has 0 radical (unpaired) electrons. The number of nitrogens with one attached hydrogen (secondary N) is 1. The normalized spacial score (nSPS) is 17.4. The van der Waals surface area contributed by atoms with Gasteiger partial charge >= 0.3 is 0 Å². The molecular formula is C16H18N4O3. The van der Waals surface area contributed by atoms with Gasteiger partial charge in [0.05, 0.1) is 16.0 Å². The monoisotopic (exact) mass is 314 g/mol. The molecule has 1 aromatic heterocycles. The Morgan fingerprint density at radius 2 is 2.30 bits per heavy atom. The molecule has 2 aromatic rings. The Morgan fingerprint density at radius 3 is 3.04 bits per heavy atom. The van der Waals surface area contributed by atoms with E-state index in [1.807, 2.05) is 11.8 Å². The summed E-state index contributed by atoms with van der Waals surface area (Å²) >= 11 is 0. The van der Waals surface area contributed by atoms with Crippen LogP contribution in [0.3, 0.4) is 0 Å². The average Bonchev–Trinajstić information content (AvgIpc) is 3.02. The van der Waals surface area contributed by atoms with Crippen LogP contribution in [0.4, 0.5) is 11.4 Å². The topological polar surface area (TPSA) is 88.4 Å². The summed E-state index contributed by atoms with van der Waals surface area (Å²) in [6, 6.07) is 6.72. The molecule has 0 aliphatic carbocycles. The van der Waals surface area contributed by atoms with E-state index in [1.165, 1.54) is 6.07 Å². The van der Waals surface area contributed by atoms with Gasteiger partial charge in [0, 0.05) is 37.8 Å². The molecule has 7 heteroatoms. The maximum Gasteiger partial charge on any atom is 0.278 e. The highest BCUT2D eigenvalue weighted by Crippen LogP contribution is 2.30. The Morgan fingerprint density at radius 1 is 1.48 bits per heavy atom. The van der Waals surface area contributed by atoms with Gasteiger partial charge in [0.2, 0.25) is 5.91 Å². The van der Waals surface area contributed by atoms with Crippen molar-refractivity contribution in [2.75, 3.05) is 18.4 Å². The Balaban J connectivity index is 1.86. The second-order valence-corrected chi connectivity index (χ2v) is 5.61. The number of carbonyl (C=O) groups is 1. The Hall–Kier alpha value is -2.70. The van der Waals surface area contributed by atoms with E-state index in [0.29, 0.717) is 23.9 Å². The number of carbonyl (C=O) groups excluding carboxylic acids is 1. The molecule has 2 heterocycles. The molecule has 1 aromatic carbocycles. The van der Waals surface area contributed by atoms with E-state index < -0.39 is 4.92 Å². The highest BCUT2D eigenvalue weighted by atomic mass is 16.6. The summed E-state index contributed by atoms with van der Waals surface area (Å²) in [5.74, 6) is 0.154. The smallest absolute Gasteiger partial charge is 0.278 e. The predicted octanol–water partition coefficient (Wildman–Crippen LogP) is 2.57. The summed E-state index contributed by atoms with van der Waals surface area (Å²) < 4.78 is 0. The fourth-order valence-electron chi connectivity index (χ4n) is 2.98. The molecule has 1 unspecified atom stereocenters. The van der Waals surface area contributed by atoms with Gasteiger partial charge in [0.1, 0.15) is 5.52 Å². The minimum absolute atomic E-state index is 0.0489. The SMILES string of the molecule is CCC(=O)N1CCC(Nc2ccc([N+](=O)[O-])c3cccnc23)C1. The van der Waals surface area contributed by atoms with E-state index in [4.69, 9.17) is 0 Å². The minimum atomic E-state index is -0.398. The van der Waals surface area contributed by atoms with Crippen molar-refractivity contribution in [2.24, 2.45) is 0 Å². The quantitative estimate of drug-likeness (QED) is 0.692. The van der Waals surface area contributed by atoms with Crippen molar-refractivity contribution in [3.63, 3.8) is 0 Å². The molecular weight excluding hydrogens is 296 g/mol. The van der Waals surface area contributed by atoms with Gasteiger partial charge in [-0.1, -0.05) is 6.92 Å². The van der Waals surface area contributed by atoms with Gasteiger partial charge in [0.25, 0.3) is 5.69 Å². The van der Waals surface area contributed by atoms with Crippen LogP contribution in [-0.4, -0.2) is 39.8 Å². The lowest BCUT2D eigenvalue weighted by Gasteiger charge is -2.17. The molecule has 1 aliphatic heterocycles. The number of likely N-dealkylation sites (tertiary alicyclic amines) is 1. The van der Waals surface area contributed by atoms with E-state index in [1.54, 1.807) is 24.4 Å². The summed E-state index contributed by atoms with van der Waals surface area (Å²) in [6.45, 7) is 3.25. The number of hydrogen-bond donors (Lipinski definition) is 1. The molecule has 1 saturated heterocycles. The van der Waals surface area contributed by atoms with Crippen molar-refractivity contribution in [1.29, 1.82) is 0 Å². The number of amides is 1. The van der Waals surface area contributed by atoms with Crippen LogP contribution in [0.5, 0.6) is 0 Å². The number of nitro groups is 1. The second kappa shape index (κ2) is 6.20. The standard InChI is InChI=1S/C16H18N4O3/c1-2-15(21)19-9-7-11(10-19)18-13-5-6-14(20(22)23)12-4-3-8-17-16(12)13/h3-6,8,11,18H,2,7,9-10H2,1H3. The van der Waals surface area contributed by atoms with Crippen molar-refractivity contribution < 1.29 is 9.72 Å². The zero-order chi connectivity index (χ0) is 16.4. The first-order chi connectivity index (χ1) is 11.1. The number of benzene rings is 1. The van der Waals surface area contributed by atoms with Gasteiger partial charge in [-0.25, -0.2) is 0 Å². The minimum Gasteiger partial charge on any atom is -0.379 e. The summed E-state index contributed by atoms with van der Waals surface area (Å²) in [5.41, 5.74) is 1.40. The third-order valence-corrected chi connectivity index (χ3v) is 4.15. The number of non-ortho nitro benzene ring substituents is 1. The molecule has 1 aliphatic rings. The molecule has 0 saturated carbocycles. The molecule has 0 bridgehead atoms. The van der Waals surface area contributed by atoms with Crippen LogP contribution in [0.1, 0.15) is 19.8 Å². The molecule has 1 N–H and O–H groups in total. The molecule has 1 amide bonds. The van der Waals surface area contributed by atoms with Gasteiger partial charge < -0.3 is 10.2 Å². The number of fused-ring (bicyclic) bond motifs is 1. The van der Waals surface area contributed by atoms with Crippen molar-refractivity contribution in [3.8, 4) is 0 Å². The number of aromatic nitrogens is 1. The zero-order valence-corrected chi connectivity index (χ0v) is 12.9. The van der Waals surface area contributed by atoms with Crippen LogP contribution in [0.25, 0.3) is 10.9 Å². The van der Waals surface area contributed by atoms with E-state index in [0.717, 1.165) is 18.7 Å². The number of nitro benzene ring substituents is 1. The first-order valence-corrected chi connectivity index (χ1v) is 7.66. The fraction of sp³-hybridized carbons (Fsp3) is 0.375. The lowest BCUT2D eigenvalue weighted by atomic mass is 10.1. The molecule has 7 nitrogen and oxygen atoms in total. The number of hydrogen-bond acceptors (Lipinski definition) is 5. The molecule has 120 valence electrons. The van der Waals surface area contributed by atoms with Crippen molar-refractivity contribution >= 4 is 28.2 Å². The van der Waals surface area contributed by atoms with Crippen LogP contribution in [0, 0.1) is 10.1 Å².